The molecule has 134 valence electrons. The summed E-state index contributed by atoms with van der Waals surface area (Å²) < 4.78 is 0.777. The zero-order valence-corrected chi connectivity index (χ0v) is 16.7. The standard InChI is InChI=1S/C21H16BrN3OS/c22-19-17-5-1-2-6-18(17)25-20(19)21(26)24-15-7-9-16(10-8-15)27-13-14-4-3-11-23-12-14/h1-12,25H,13H2,(H,24,26). The molecule has 0 saturated carbocycles. The monoisotopic (exact) mass is 437 g/mol. The molecule has 2 N–H and O–H groups in total. The highest BCUT2D eigenvalue weighted by molar-refractivity contribution is 9.10. The number of nitrogens with zero attached hydrogens (tertiary/aromatic N) is 1. The SMILES string of the molecule is O=C(Nc1ccc(SCc2cccnc2)cc1)c1[nH]c2ccccc2c1Br. The normalized spacial score (nSPS) is 10.9. The number of rotatable bonds is 5. The highest BCUT2D eigenvalue weighted by Gasteiger charge is 2.15. The van der Waals surface area contributed by atoms with Gasteiger partial charge in [-0.3, -0.25) is 9.78 Å². The van der Waals surface area contributed by atoms with Crippen LogP contribution in [0.25, 0.3) is 10.9 Å². The third-order valence-electron chi connectivity index (χ3n) is 4.11. The number of thioether (sulfide) groups is 1. The number of hydrogen-bond donors (Lipinski definition) is 2. The van der Waals surface area contributed by atoms with Gasteiger partial charge in [0.15, 0.2) is 0 Å². The summed E-state index contributed by atoms with van der Waals surface area (Å²) in [5.74, 6) is 0.690. The summed E-state index contributed by atoms with van der Waals surface area (Å²) in [6.45, 7) is 0. The summed E-state index contributed by atoms with van der Waals surface area (Å²) in [6.07, 6.45) is 3.65. The van der Waals surface area contributed by atoms with Gasteiger partial charge in [0.25, 0.3) is 5.91 Å². The van der Waals surface area contributed by atoms with Gasteiger partial charge < -0.3 is 10.3 Å². The maximum atomic E-state index is 12.6. The molecule has 0 unspecified atom stereocenters. The molecule has 0 saturated heterocycles. The molecule has 0 aliphatic rings. The first-order chi connectivity index (χ1) is 13.2. The maximum Gasteiger partial charge on any atom is 0.273 e. The van der Waals surface area contributed by atoms with Crippen LogP contribution in [0.15, 0.2) is 82.4 Å². The summed E-state index contributed by atoms with van der Waals surface area (Å²) in [4.78, 5) is 21.1. The van der Waals surface area contributed by atoms with E-state index in [4.69, 9.17) is 0 Å². The molecule has 0 aliphatic heterocycles. The van der Waals surface area contributed by atoms with Crippen molar-refractivity contribution in [2.75, 3.05) is 5.32 Å². The molecule has 0 aliphatic carbocycles. The van der Waals surface area contributed by atoms with Gasteiger partial charge in [-0.05, 0) is 57.9 Å². The molecule has 0 atom stereocenters. The van der Waals surface area contributed by atoms with Gasteiger partial charge in [0, 0.05) is 39.6 Å². The van der Waals surface area contributed by atoms with Gasteiger partial charge >= 0.3 is 0 Å². The number of H-pyrrole nitrogens is 1. The second kappa shape index (κ2) is 7.98. The van der Waals surface area contributed by atoms with E-state index in [-0.39, 0.29) is 5.91 Å². The second-order valence-corrected chi connectivity index (χ2v) is 7.83. The Hall–Kier alpha value is -2.57. The number of benzene rings is 2. The van der Waals surface area contributed by atoms with E-state index in [1.165, 1.54) is 5.56 Å². The van der Waals surface area contributed by atoms with Crippen LogP contribution in [0.5, 0.6) is 0 Å². The van der Waals surface area contributed by atoms with Crippen molar-refractivity contribution in [1.29, 1.82) is 0 Å². The lowest BCUT2D eigenvalue weighted by atomic mass is 10.2. The molecule has 0 spiro atoms. The minimum atomic E-state index is -0.172. The predicted molar refractivity (Wildman–Crippen MR) is 114 cm³/mol. The fourth-order valence-corrected chi connectivity index (χ4v) is 4.20. The molecule has 2 heterocycles. The lowest BCUT2D eigenvalue weighted by Gasteiger charge is -2.06. The maximum absolute atomic E-state index is 12.6. The number of pyridine rings is 1. The van der Waals surface area contributed by atoms with E-state index in [0.29, 0.717) is 5.69 Å². The summed E-state index contributed by atoms with van der Waals surface area (Å²) in [5.41, 5.74) is 3.39. The molecular weight excluding hydrogens is 422 g/mol. The van der Waals surface area contributed by atoms with Gasteiger partial charge in [-0.25, -0.2) is 0 Å². The number of para-hydroxylation sites is 1. The van der Waals surface area contributed by atoms with Crippen LogP contribution in [0.3, 0.4) is 0 Å². The van der Waals surface area contributed by atoms with Crippen molar-refractivity contribution in [1.82, 2.24) is 9.97 Å². The summed E-state index contributed by atoms with van der Waals surface area (Å²) >= 11 is 5.26. The Labute approximate surface area is 169 Å². The van der Waals surface area contributed by atoms with Gasteiger partial charge in [0.2, 0.25) is 0 Å². The highest BCUT2D eigenvalue weighted by Crippen LogP contribution is 2.29. The topological polar surface area (TPSA) is 57.8 Å². The van der Waals surface area contributed by atoms with E-state index >= 15 is 0 Å². The molecule has 2 aromatic heterocycles. The molecule has 2 aromatic carbocycles. The average molecular weight is 438 g/mol. The van der Waals surface area contributed by atoms with Gasteiger partial charge in [-0.2, -0.15) is 0 Å². The Kier molecular flexibility index (Phi) is 5.27. The highest BCUT2D eigenvalue weighted by atomic mass is 79.9. The number of aromatic nitrogens is 2. The molecular formula is C21H16BrN3OS. The summed E-state index contributed by atoms with van der Waals surface area (Å²) in [7, 11) is 0. The first-order valence-corrected chi connectivity index (χ1v) is 10.2. The summed E-state index contributed by atoms with van der Waals surface area (Å²) in [6, 6.07) is 19.7. The van der Waals surface area contributed by atoms with Gasteiger partial charge in [-0.1, -0.05) is 24.3 Å². The number of carbonyl (C=O) groups is 1. The Bertz CT molecular complexity index is 1080. The molecule has 4 aromatic rings. The quantitative estimate of drug-likeness (QED) is 0.383. The Morgan fingerprint density at radius 1 is 1.07 bits per heavy atom. The first-order valence-electron chi connectivity index (χ1n) is 8.40. The minimum Gasteiger partial charge on any atom is -0.350 e. The van der Waals surface area contributed by atoms with Crippen molar-refractivity contribution in [2.45, 2.75) is 10.6 Å². The van der Waals surface area contributed by atoms with E-state index in [0.717, 1.165) is 31.7 Å². The zero-order chi connectivity index (χ0) is 18.6. The van der Waals surface area contributed by atoms with Crippen LogP contribution in [0.2, 0.25) is 0 Å². The largest absolute Gasteiger partial charge is 0.350 e. The van der Waals surface area contributed by atoms with Crippen LogP contribution in [-0.2, 0) is 5.75 Å². The third kappa shape index (κ3) is 4.07. The number of hydrogen-bond acceptors (Lipinski definition) is 3. The predicted octanol–water partition coefficient (Wildman–Crippen LogP) is 5.87. The van der Waals surface area contributed by atoms with Gasteiger partial charge in [0.1, 0.15) is 5.69 Å². The number of nitrogens with one attached hydrogen (secondary N) is 2. The number of amides is 1. The number of halogens is 1. The van der Waals surface area contributed by atoms with Crippen molar-refractivity contribution in [2.24, 2.45) is 0 Å². The van der Waals surface area contributed by atoms with E-state index in [9.17, 15) is 4.79 Å². The van der Waals surface area contributed by atoms with Crippen LogP contribution >= 0.6 is 27.7 Å². The van der Waals surface area contributed by atoms with Crippen LogP contribution in [0.4, 0.5) is 5.69 Å². The Balaban J connectivity index is 1.43. The lowest BCUT2D eigenvalue weighted by molar-refractivity contribution is 0.102. The number of aromatic amines is 1. The molecule has 0 radical (unpaired) electrons. The molecule has 27 heavy (non-hydrogen) atoms. The van der Waals surface area contributed by atoms with E-state index in [1.807, 2.05) is 60.8 Å². The molecule has 0 bridgehead atoms. The lowest BCUT2D eigenvalue weighted by Crippen LogP contribution is -2.12. The number of fused-ring (bicyclic) bond motifs is 1. The third-order valence-corrected chi connectivity index (χ3v) is 6.02. The van der Waals surface area contributed by atoms with Crippen LogP contribution < -0.4 is 5.32 Å². The number of anilines is 1. The fraction of sp³-hybridized carbons (Fsp3) is 0.0476. The van der Waals surface area contributed by atoms with Gasteiger partial charge in [-0.15, -0.1) is 11.8 Å². The molecule has 1 amide bonds. The van der Waals surface area contributed by atoms with E-state index < -0.39 is 0 Å². The second-order valence-electron chi connectivity index (χ2n) is 5.99. The summed E-state index contributed by atoms with van der Waals surface area (Å²) in [5, 5.41) is 3.93. The first kappa shape index (κ1) is 17.8. The number of carbonyl (C=O) groups excluding carboxylic acids is 1. The molecule has 0 fully saturated rings. The molecule has 4 nitrogen and oxygen atoms in total. The van der Waals surface area contributed by atoms with Gasteiger partial charge in [0.05, 0.1) is 4.47 Å². The fourth-order valence-electron chi connectivity index (χ4n) is 2.74. The van der Waals surface area contributed by atoms with Crippen molar-refractivity contribution in [3.63, 3.8) is 0 Å². The minimum absolute atomic E-state index is 0.172. The van der Waals surface area contributed by atoms with E-state index in [1.54, 1.807) is 18.0 Å². The van der Waals surface area contributed by atoms with Crippen LogP contribution in [-0.4, -0.2) is 15.9 Å². The van der Waals surface area contributed by atoms with Crippen LogP contribution in [0.1, 0.15) is 16.1 Å². The van der Waals surface area contributed by atoms with Crippen molar-refractivity contribution < 1.29 is 4.79 Å². The average Bonchev–Trinajstić information content (AvgIpc) is 3.05. The molecule has 6 heteroatoms. The van der Waals surface area contributed by atoms with E-state index in [2.05, 4.69) is 37.3 Å². The van der Waals surface area contributed by atoms with Crippen molar-refractivity contribution >= 4 is 50.2 Å². The Morgan fingerprint density at radius 3 is 2.63 bits per heavy atom. The Morgan fingerprint density at radius 2 is 1.89 bits per heavy atom. The molecule has 4 rings (SSSR count). The smallest absolute Gasteiger partial charge is 0.273 e. The zero-order valence-electron chi connectivity index (χ0n) is 14.3. The van der Waals surface area contributed by atoms with Crippen LogP contribution in [0, 0.1) is 0 Å². The van der Waals surface area contributed by atoms with Crippen molar-refractivity contribution in [3.8, 4) is 0 Å². The van der Waals surface area contributed by atoms with Crippen molar-refractivity contribution in [3.05, 3.63) is 88.8 Å².